The van der Waals surface area contributed by atoms with E-state index in [4.69, 9.17) is 9.72 Å². The van der Waals surface area contributed by atoms with E-state index in [0.717, 1.165) is 41.1 Å². The van der Waals surface area contributed by atoms with Gasteiger partial charge in [-0.2, -0.15) is 0 Å². The van der Waals surface area contributed by atoms with Crippen LogP contribution in [0.5, 0.6) is 0 Å². The Morgan fingerprint density at radius 3 is 2.89 bits per heavy atom. The number of amides is 1. The summed E-state index contributed by atoms with van der Waals surface area (Å²) in [5, 5.41) is 6.23. The topological polar surface area (TPSA) is 96.7 Å². The Bertz CT molecular complexity index is 1510. The second-order valence-electron chi connectivity index (χ2n) is 9.77. The Hall–Kier alpha value is -3.89. The van der Waals surface area contributed by atoms with Gasteiger partial charge in [0, 0.05) is 49.1 Å². The number of pyridine rings is 1. The molecule has 3 aromatic heterocycles. The molecule has 0 radical (unpaired) electrons. The van der Waals surface area contributed by atoms with E-state index in [-0.39, 0.29) is 23.7 Å². The Morgan fingerprint density at radius 1 is 1.24 bits per heavy atom. The summed E-state index contributed by atoms with van der Waals surface area (Å²) in [6, 6.07) is 6.66. The Labute approximate surface area is 213 Å². The smallest absolute Gasteiger partial charge is 0.254 e. The number of fused-ring (bicyclic) bond motifs is 2. The first-order chi connectivity index (χ1) is 17.9. The van der Waals surface area contributed by atoms with Crippen molar-refractivity contribution < 1.29 is 13.9 Å². The molecule has 2 atom stereocenters. The van der Waals surface area contributed by atoms with Gasteiger partial charge in [0.25, 0.3) is 5.91 Å². The first-order valence-corrected chi connectivity index (χ1v) is 12.4. The number of halogens is 1. The van der Waals surface area contributed by atoms with Gasteiger partial charge in [-0.25, -0.2) is 19.3 Å². The maximum atomic E-state index is 13.7. The summed E-state index contributed by atoms with van der Waals surface area (Å²) in [4.78, 5) is 28.9. The van der Waals surface area contributed by atoms with E-state index in [1.807, 2.05) is 36.8 Å². The van der Waals surface area contributed by atoms with E-state index < -0.39 is 0 Å². The van der Waals surface area contributed by atoms with E-state index in [1.54, 1.807) is 12.4 Å². The number of aromatic nitrogens is 4. The predicted octanol–water partition coefficient (Wildman–Crippen LogP) is 4.04. The lowest BCUT2D eigenvalue weighted by molar-refractivity contribution is 0.0966. The molecule has 10 heteroatoms. The molecule has 37 heavy (non-hydrogen) atoms. The summed E-state index contributed by atoms with van der Waals surface area (Å²) >= 11 is 0. The zero-order chi connectivity index (χ0) is 25.7. The molecular weight excluding hydrogens is 473 g/mol. The number of carbonyl (C=O) groups is 1. The van der Waals surface area contributed by atoms with Gasteiger partial charge in [0.1, 0.15) is 11.5 Å². The lowest BCUT2D eigenvalue weighted by Gasteiger charge is -2.24. The molecule has 1 fully saturated rings. The molecule has 9 nitrogen and oxygen atoms in total. The Morgan fingerprint density at radius 2 is 2.11 bits per heavy atom. The Kier molecular flexibility index (Phi) is 5.85. The molecule has 1 aromatic carbocycles. The molecule has 1 amide bonds. The lowest BCUT2D eigenvalue weighted by atomic mass is 9.95. The number of ether oxygens (including phenoxy) is 1. The van der Waals surface area contributed by atoms with Crippen molar-refractivity contribution >= 4 is 23.2 Å². The van der Waals surface area contributed by atoms with Crippen molar-refractivity contribution in [3.63, 3.8) is 0 Å². The van der Waals surface area contributed by atoms with Crippen LogP contribution in [0, 0.1) is 5.82 Å². The third-order valence-electron chi connectivity index (χ3n) is 7.35. The average Bonchev–Trinajstić information content (AvgIpc) is 3.64. The minimum Gasteiger partial charge on any atom is -0.381 e. The summed E-state index contributed by atoms with van der Waals surface area (Å²) in [5.41, 5.74) is 6.24. The van der Waals surface area contributed by atoms with Gasteiger partial charge >= 0.3 is 0 Å². The van der Waals surface area contributed by atoms with Crippen molar-refractivity contribution in [2.75, 3.05) is 32.6 Å². The van der Waals surface area contributed by atoms with Crippen LogP contribution < -0.4 is 10.6 Å². The van der Waals surface area contributed by atoms with Gasteiger partial charge < -0.3 is 20.3 Å². The largest absolute Gasteiger partial charge is 0.381 e. The standard InChI is InChI=1S/C27H28FN7O2/c1-15(34(2)3)25-19(16-7-9-37-14-16)11-31-27(33-25)32-21-5-4-18(20-12-30-26(36)24(20)21)22-13-29-23-10-17(28)6-8-35(22)23/h4-6,8,10-11,13,15-16H,7,9,12,14H2,1-3H3,(H,30,36)(H,31,32,33)/t15-,16+/m1/s1. The van der Waals surface area contributed by atoms with Crippen molar-refractivity contribution in [3.05, 3.63) is 71.1 Å². The molecule has 0 aliphatic carbocycles. The van der Waals surface area contributed by atoms with E-state index in [9.17, 15) is 9.18 Å². The Balaban J connectivity index is 1.39. The van der Waals surface area contributed by atoms with E-state index in [2.05, 4.69) is 32.4 Å². The molecule has 0 spiro atoms. The SMILES string of the molecule is C[C@H](c1nc(Nc2ccc(-c3cnc4cc(F)ccn34)c3c2C(=O)NC3)ncc1[C@H]1CCOC1)N(C)C. The summed E-state index contributed by atoms with van der Waals surface area (Å²) in [7, 11) is 4.05. The summed E-state index contributed by atoms with van der Waals surface area (Å²) in [6.45, 7) is 3.93. The highest BCUT2D eigenvalue weighted by Crippen LogP contribution is 2.36. The second kappa shape index (κ2) is 9.20. The summed E-state index contributed by atoms with van der Waals surface area (Å²) in [6.07, 6.45) is 6.18. The van der Waals surface area contributed by atoms with Gasteiger partial charge in [-0.15, -0.1) is 0 Å². The molecular formula is C27H28FN7O2. The van der Waals surface area contributed by atoms with Crippen molar-refractivity contribution in [2.24, 2.45) is 0 Å². The van der Waals surface area contributed by atoms with Crippen molar-refractivity contribution in [1.82, 2.24) is 29.6 Å². The number of rotatable bonds is 6. The number of hydrogen-bond acceptors (Lipinski definition) is 7. The quantitative estimate of drug-likeness (QED) is 0.412. The zero-order valence-electron chi connectivity index (χ0n) is 21.0. The van der Waals surface area contributed by atoms with Gasteiger partial charge in [-0.05, 0) is 50.7 Å². The van der Waals surface area contributed by atoms with Crippen molar-refractivity contribution in [1.29, 1.82) is 0 Å². The van der Waals surface area contributed by atoms with Crippen LogP contribution in [0.15, 0.2) is 42.9 Å². The van der Waals surface area contributed by atoms with Crippen LogP contribution in [0.1, 0.15) is 52.5 Å². The van der Waals surface area contributed by atoms with Gasteiger partial charge in [-0.1, -0.05) is 6.07 Å². The fraction of sp³-hybridized carbons (Fsp3) is 0.333. The zero-order valence-corrected chi connectivity index (χ0v) is 21.0. The monoisotopic (exact) mass is 501 g/mol. The first kappa shape index (κ1) is 23.5. The fourth-order valence-corrected chi connectivity index (χ4v) is 5.11. The average molecular weight is 502 g/mol. The molecule has 5 heterocycles. The highest BCUT2D eigenvalue weighted by Gasteiger charge is 2.29. The van der Waals surface area contributed by atoms with Gasteiger partial charge in [0.2, 0.25) is 5.95 Å². The molecule has 2 aliphatic rings. The second-order valence-corrected chi connectivity index (χ2v) is 9.77. The highest BCUT2D eigenvalue weighted by atomic mass is 19.1. The molecule has 6 rings (SSSR count). The van der Waals surface area contributed by atoms with Crippen LogP contribution in [-0.2, 0) is 11.3 Å². The van der Waals surface area contributed by atoms with Gasteiger partial charge in [-0.3, -0.25) is 9.20 Å². The van der Waals surface area contributed by atoms with Crippen LogP contribution >= 0.6 is 0 Å². The number of anilines is 2. The molecule has 0 unspecified atom stereocenters. The number of nitrogens with one attached hydrogen (secondary N) is 2. The van der Waals surface area contributed by atoms with E-state index in [1.165, 1.54) is 12.1 Å². The van der Waals surface area contributed by atoms with Crippen molar-refractivity contribution in [2.45, 2.75) is 31.8 Å². The molecule has 190 valence electrons. The molecule has 0 bridgehead atoms. The third kappa shape index (κ3) is 4.11. The van der Waals surface area contributed by atoms with Crippen LogP contribution in [0.25, 0.3) is 16.9 Å². The third-order valence-corrected chi connectivity index (χ3v) is 7.35. The molecule has 2 N–H and O–H groups in total. The van der Waals surface area contributed by atoms with Crippen LogP contribution in [0.2, 0.25) is 0 Å². The van der Waals surface area contributed by atoms with E-state index in [0.29, 0.717) is 36.0 Å². The summed E-state index contributed by atoms with van der Waals surface area (Å²) < 4.78 is 21.1. The lowest BCUT2D eigenvalue weighted by Crippen LogP contribution is -2.21. The predicted molar refractivity (Wildman–Crippen MR) is 137 cm³/mol. The molecule has 4 aromatic rings. The normalized spacial score (nSPS) is 17.9. The van der Waals surface area contributed by atoms with Gasteiger partial charge in [0.05, 0.1) is 35.4 Å². The number of hydrogen-bond donors (Lipinski definition) is 2. The first-order valence-electron chi connectivity index (χ1n) is 12.4. The molecule has 2 aliphatic heterocycles. The minimum atomic E-state index is -0.347. The maximum absolute atomic E-state index is 13.7. The number of benzene rings is 1. The van der Waals surface area contributed by atoms with Crippen LogP contribution in [-0.4, -0.2) is 57.5 Å². The molecule has 0 saturated carbocycles. The van der Waals surface area contributed by atoms with E-state index >= 15 is 0 Å². The van der Waals surface area contributed by atoms with Crippen molar-refractivity contribution in [3.8, 4) is 11.3 Å². The van der Waals surface area contributed by atoms with Crippen LogP contribution in [0.3, 0.4) is 0 Å². The van der Waals surface area contributed by atoms with Gasteiger partial charge in [0.15, 0.2) is 0 Å². The fourth-order valence-electron chi connectivity index (χ4n) is 5.11. The number of imidazole rings is 1. The summed E-state index contributed by atoms with van der Waals surface area (Å²) in [5.74, 6) is 0.201. The number of carbonyl (C=O) groups excluding carboxylic acids is 1. The maximum Gasteiger partial charge on any atom is 0.254 e. The number of nitrogens with zero attached hydrogens (tertiary/aromatic N) is 5. The van der Waals surface area contributed by atoms with Crippen LogP contribution in [0.4, 0.5) is 16.0 Å². The molecule has 1 saturated heterocycles. The highest BCUT2D eigenvalue weighted by molar-refractivity contribution is 6.06. The minimum absolute atomic E-state index is 0.0792.